The Morgan fingerprint density at radius 1 is 0.808 bits per heavy atom. The van der Waals surface area contributed by atoms with Crippen molar-refractivity contribution >= 4 is 9.84 Å². The number of hydrogen-bond acceptors (Lipinski definition) is 4. The van der Waals surface area contributed by atoms with Crippen molar-refractivity contribution in [1.82, 2.24) is 0 Å². The maximum Gasteiger partial charge on any atom is 0.203 e. The average molecular weight is 366 g/mol. The molecule has 2 atom stereocenters. The monoisotopic (exact) mass is 366 g/mol. The molecule has 4 nitrogen and oxygen atoms in total. The molecular weight excluding hydrogens is 344 g/mol. The Balaban J connectivity index is 2.23. The molecule has 0 bridgehead atoms. The first-order valence-electron chi connectivity index (χ1n) is 8.33. The molecule has 0 unspecified atom stereocenters. The summed E-state index contributed by atoms with van der Waals surface area (Å²) in [6.45, 7) is 1.90. The molecule has 0 aromatic heterocycles. The van der Waals surface area contributed by atoms with Crippen LogP contribution in [0.3, 0.4) is 0 Å². The maximum absolute atomic E-state index is 13.6. The Morgan fingerprint density at radius 2 is 1.31 bits per heavy atom. The summed E-state index contributed by atoms with van der Waals surface area (Å²) in [7, 11) is -3.97. The highest BCUT2D eigenvalue weighted by Gasteiger charge is 2.48. The molecule has 3 aromatic carbocycles. The zero-order chi connectivity index (χ0) is 18.8. The van der Waals surface area contributed by atoms with Crippen LogP contribution in [0.25, 0.3) is 0 Å². The normalized spacial score (nSPS) is 15.2. The van der Waals surface area contributed by atoms with E-state index in [-0.39, 0.29) is 4.90 Å². The summed E-state index contributed by atoms with van der Waals surface area (Å²) in [6.07, 6.45) is 0. The highest BCUT2D eigenvalue weighted by Crippen LogP contribution is 2.39. The van der Waals surface area contributed by atoms with Crippen LogP contribution in [0.4, 0.5) is 0 Å². The molecule has 3 aromatic rings. The maximum atomic E-state index is 13.6. The first-order valence-corrected chi connectivity index (χ1v) is 9.82. The second-order valence-corrected chi connectivity index (χ2v) is 8.52. The van der Waals surface area contributed by atoms with Gasteiger partial charge < -0.3 is 11.5 Å². The Kier molecular flexibility index (Phi) is 4.96. The van der Waals surface area contributed by atoms with Gasteiger partial charge in [-0.1, -0.05) is 78.4 Å². The number of aryl methyl sites for hydroxylation is 1. The third kappa shape index (κ3) is 3.05. The van der Waals surface area contributed by atoms with Crippen LogP contribution in [0.1, 0.15) is 22.7 Å². The number of benzene rings is 3. The molecule has 0 aliphatic rings. The minimum atomic E-state index is -3.97. The third-order valence-electron chi connectivity index (χ3n) is 4.62. The molecule has 0 saturated carbocycles. The van der Waals surface area contributed by atoms with Crippen LogP contribution < -0.4 is 11.5 Å². The molecule has 0 radical (unpaired) electrons. The summed E-state index contributed by atoms with van der Waals surface area (Å²) in [5.41, 5.74) is 15.2. The van der Waals surface area contributed by atoms with Crippen LogP contribution in [0.15, 0.2) is 89.8 Å². The lowest BCUT2D eigenvalue weighted by Gasteiger charge is -2.35. The van der Waals surface area contributed by atoms with E-state index in [0.29, 0.717) is 11.1 Å². The summed E-state index contributed by atoms with van der Waals surface area (Å²) in [6, 6.07) is 23.6. The smallest absolute Gasteiger partial charge is 0.203 e. The van der Waals surface area contributed by atoms with Crippen LogP contribution in [0.2, 0.25) is 0 Å². The lowest BCUT2D eigenvalue weighted by Crippen LogP contribution is -2.52. The molecule has 26 heavy (non-hydrogen) atoms. The van der Waals surface area contributed by atoms with Crippen LogP contribution >= 0.6 is 0 Å². The van der Waals surface area contributed by atoms with Crippen LogP contribution in [0.5, 0.6) is 0 Å². The minimum absolute atomic E-state index is 0.154. The van der Waals surface area contributed by atoms with Gasteiger partial charge in [0.2, 0.25) is 9.84 Å². The van der Waals surface area contributed by atoms with E-state index in [1.807, 2.05) is 31.2 Å². The van der Waals surface area contributed by atoms with E-state index in [9.17, 15) is 8.42 Å². The largest absolute Gasteiger partial charge is 0.321 e. The van der Waals surface area contributed by atoms with Crippen molar-refractivity contribution in [2.45, 2.75) is 22.7 Å². The van der Waals surface area contributed by atoms with Gasteiger partial charge in [0.15, 0.2) is 4.87 Å². The van der Waals surface area contributed by atoms with Crippen molar-refractivity contribution in [3.05, 3.63) is 102 Å². The fraction of sp³-hybridized carbons (Fsp3) is 0.143. The molecule has 0 spiro atoms. The van der Waals surface area contributed by atoms with Crippen LogP contribution in [-0.2, 0) is 14.7 Å². The van der Waals surface area contributed by atoms with Gasteiger partial charge in [-0.3, -0.25) is 0 Å². The van der Waals surface area contributed by atoms with Crippen molar-refractivity contribution in [2.24, 2.45) is 11.5 Å². The quantitative estimate of drug-likeness (QED) is 0.725. The zero-order valence-electron chi connectivity index (χ0n) is 14.5. The van der Waals surface area contributed by atoms with Crippen molar-refractivity contribution < 1.29 is 8.42 Å². The molecule has 0 fully saturated rings. The second kappa shape index (κ2) is 7.03. The van der Waals surface area contributed by atoms with E-state index >= 15 is 0 Å². The first kappa shape index (κ1) is 18.3. The molecule has 5 heteroatoms. The van der Waals surface area contributed by atoms with Crippen molar-refractivity contribution in [3.8, 4) is 0 Å². The fourth-order valence-corrected chi connectivity index (χ4v) is 4.82. The Morgan fingerprint density at radius 3 is 1.85 bits per heavy atom. The van der Waals surface area contributed by atoms with Gasteiger partial charge in [-0.2, -0.15) is 0 Å². The highest BCUT2D eigenvalue weighted by atomic mass is 32.2. The van der Waals surface area contributed by atoms with Gasteiger partial charge in [-0.15, -0.1) is 0 Å². The topological polar surface area (TPSA) is 86.2 Å². The molecule has 0 aliphatic heterocycles. The summed E-state index contributed by atoms with van der Waals surface area (Å²) in [5.74, 6) is 0. The van der Waals surface area contributed by atoms with E-state index in [0.717, 1.165) is 5.56 Å². The second-order valence-electron chi connectivity index (χ2n) is 6.36. The summed E-state index contributed by atoms with van der Waals surface area (Å²) in [5, 5.41) is 0. The molecule has 0 saturated heterocycles. The predicted molar refractivity (Wildman–Crippen MR) is 104 cm³/mol. The highest BCUT2D eigenvalue weighted by molar-refractivity contribution is 7.92. The van der Waals surface area contributed by atoms with Crippen molar-refractivity contribution in [3.63, 3.8) is 0 Å². The van der Waals surface area contributed by atoms with Gasteiger partial charge in [0.1, 0.15) is 0 Å². The Hall–Kier alpha value is -2.47. The van der Waals surface area contributed by atoms with Crippen LogP contribution in [0, 0.1) is 6.92 Å². The summed E-state index contributed by atoms with van der Waals surface area (Å²) in [4.78, 5) is -1.65. The summed E-state index contributed by atoms with van der Waals surface area (Å²) >= 11 is 0. The average Bonchev–Trinajstić information content (AvgIpc) is 2.68. The van der Waals surface area contributed by atoms with Gasteiger partial charge in [0.05, 0.1) is 10.9 Å². The number of hydrogen-bond donors (Lipinski definition) is 2. The molecule has 4 N–H and O–H groups in total. The minimum Gasteiger partial charge on any atom is -0.321 e. The molecule has 0 heterocycles. The molecular formula is C21H22N2O2S. The SMILES string of the molecule is Cc1ccc(S(=O)(=O)[C@](N)(c2ccccc2)[C@H](N)c2ccccc2)cc1. The number of sulfone groups is 1. The van der Waals surface area contributed by atoms with E-state index in [2.05, 4.69) is 0 Å². The fourth-order valence-electron chi connectivity index (χ4n) is 3.02. The molecule has 134 valence electrons. The lowest BCUT2D eigenvalue weighted by molar-refractivity contribution is 0.461. The van der Waals surface area contributed by atoms with E-state index in [1.165, 1.54) is 0 Å². The summed E-state index contributed by atoms with van der Waals surface area (Å²) < 4.78 is 27.2. The third-order valence-corrected chi connectivity index (χ3v) is 6.89. The molecule has 3 rings (SSSR count). The van der Waals surface area contributed by atoms with E-state index < -0.39 is 20.8 Å². The van der Waals surface area contributed by atoms with Crippen LogP contribution in [-0.4, -0.2) is 8.42 Å². The van der Waals surface area contributed by atoms with Crippen molar-refractivity contribution in [2.75, 3.05) is 0 Å². The molecule has 0 aliphatic carbocycles. The van der Waals surface area contributed by atoms with Gasteiger partial charge in [0.25, 0.3) is 0 Å². The Labute approximate surface area is 154 Å². The first-order chi connectivity index (χ1) is 12.4. The number of rotatable bonds is 5. The van der Waals surface area contributed by atoms with Gasteiger partial charge >= 0.3 is 0 Å². The molecule has 0 amide bonds. The lowest BCUT2D eigenvalue weighted by atomic mass is 9.94. The zero-order valence-corrected chi connectivity index (χ0v) is 15.4. The predicted octanol–water partition coefficient (Wildman–Crippen LogP) is 3.28. The van der Waals surface area contributed by atoms with E-state index in [4.69, 9.17) is 11.5 Å². The van der Waals surface area contributed by atoms with Gasteiger partial charge in [0, 0.05) is 0 Å². The van der Waals surface area contributed by atoms with Gasteiger partial charge in [-0.05, 0) is 30.2 Å². The van der Waals surface area contributed by atoms with E-state index in [1.54, 1.807) is 60.7 Å². The number of nitrogens with two attached hydrogens (primary N) is 2. The van der Waals surface area contributed by atoms with Crippen molar-refractivity contribution in [1.29, 1.82) is 0 Å². The Bertz CT molecular complexity index is 972. The van der Waals surface area contributed by atoms with Gasteiger partial charge in [-0.25, -0.2) is 8.42 Å². The standard InChI is InChI=1S/C21H22N2O2S/c1-16-12-14-19(15-13-16)26(24,25)21(23,18-10-6-3-7-11-18)20(22)17-8-4-2-5-9-17/h2-15,20H,22-23H2,1H3/t20-,21-/m1/s1.